The molecule has 0 N–H and O–H groups in total. The molecule has 0 saturated heterocycles. The third kappa shape index (κ3) is 3.25. The van der Waals surface area contributed by atoms with Gasteiger partial charge in [-0.15, -0.1) is 15.3 Å². The Balaban J connectivity index is 1.50. The zero-order valence-electron chi connectivity index (χ0n) is 13.5. The molecule has 0 atom stereocenters. The average Bonchev–Trinajstić information content (AvgIpc) is 3.20. The molecule has 0 unspecified atom stereocenters. The van der Waals surface area contributed by atoms with E-state index < -0.39 is 0 Å². The normalized spacial score (nSPS) is 11.3. The summed E-state index contributed by atoms with van der Waals surface area (Å²) in [5.41, 5.74) is 2.86. The lowest BCUT2D eigenvalue weighted by atomic mass is 10.2. The number of hydrogen-bond donors (Lipinski definition) is 0. The first-order chi connectivity index (χ1) is 12.2. The number of benzene rings is 2. The summed E-state index contributed by atoms with van der Waals surface area (Å²) >= 11 is 1.56. The Hall–Kier alpha value is -2.74. The molecule has 0 aliphatic carbocycles. The maximum absolute atomic E-state index is 13.0. The van der Waals surface area contributed by atoms with Crippen LogP contribution < -0.4 is 0 Å². The molecule has 6 nitrogen and oxygen atoms in total. The number of fused-ring (bicyclic) bond motifs is 1. The van der Waals surface area contributed by atoms with Crippen LogP contribution in [-0.2, 0) is 19.3 Å². The molecular weight excluding hydrogens is 339 g/mol. The Labute approximate surface area is 147 Å². The predicted molar refractivity (Wildman–Crippen MR) is 93.6 cm³/mol. The molecule has 4 aromatic rings. The first kappa shape index (κ1) is 15.8. The van der Waals surface area contributed by atoms with Gasteiger partial charge in [0, 0.05) is 12.8 Å². The van der Waals surface area contributed by atoms with Crippen LogP contribution in [0, 0.1) is 5.82 Å². The summed E-state index contributed by atoms with van der Waals surface area (Å²) in [5, 5.41) is 17.7. The molecule has 0 aliphatic heterocycles. The smallest absolute Gasteiger partial charge is 0.191 e. The van der Waals surface area contributed by atoms with Crippen molar-refractivity contribution in [2.24, 2.45) is 7.05 Å². The minimum absolute atomic E-state index is 0.227. The van der Waals surface area contributed by atoms with Gasteiger partial charge in [-0.25, -0.2) is 9.07 Å². The second kappa shape index (κ2) is 6.64. The summed E-state index contributed by atoms with van der Waals surface area (Å²) in [6, 6.07) is 14.3. The Bertz CT molecular complexity index is 1010. The molecule has 25 heavy (non-hydrogen) atoms. The van der Waals surface area contributed by atoms with Crippen molar-refractivity contribution < 1.29 is 4.39 Å². The third-order valence-corrected chi connectivity index (χ3v) is 5.01. The van der Waals surface area contributed by atoms with Crippen LogP contribution in [0.2, 0.25) is 0 Å². The third-order valence-electron chi connectivity index (χ3n) is 3.92. The standard InChI is InChI=1S/C17H15FN6S/c1-23-16(10-24-15-5-3-2-4-14(15)19-22-24)20-21-17(23)25-11-12-6-8-13(18)9-7-12/h2-9H,10-11H2,1H3. The number of rotatable bonds is 5. The van der Waals surface area contributed by atoms with Gasteiger partial charge in [-0.2, -0.15) is 0 Å². The summed E-state index contributed by atoms with van der Waals surface area (Å²) < 4.78 is 16.7. The summed E-state index contributed by atoms with van der Waals surface area (Å²) in [6.45, 7) is 0.501. The molecule has 0 amide bonds. The minimum Gasteiger partial charge on any atom is -0.308 e. The SMILES string of the molecule is Cn1c(Cn2nnc3ccccc32)nnc1SCc1ccc(F)cc1. The van der Waals surface area contributed by atoms with Gasteiger partial charge in [0.15, 0.2) is 11.0 Å². The first-order valence-corrected chi connectivity index (χ1v) is 8.73. The van der Waals surface area contributed by atoms with Crippen molar-refractivity contribution in [2.45, 2.75) is 17.5 Å². The fourth-order valence-corrected chi connectivity index (χ4v) is 3.39. The van der Waals surface area contributed by atoms with E-state index >= 15 is 0 Å². The van der Waals surface area contributed by atoms with Crippen LogP contribution in [0.25, 0.3) is 11.0 Å². The van der Waals surface area contributed by atoms with Crippen molar-refractivity contribution in [3.63, 3.8) is 0 Å². The first-order valence-electron chi connectivity index (χ1n) is 7.74. The molecule has 4 rings (SSSR count). The fourth-order valence-electron chi connectivity index (χ4n) is 2.51. The van der Waals surface area contributed by atoms with Crippen molar-refractivity contribution in [3.8, 4) is 0 Å². The molecular formula is C17H15FN6S. The maximum Gasteiger partial charge on any atom is 0.191 e. The van der Waals surface area contributed by atoms with Gasteiger partial charge in [0.2, 0.25) is 0 Å². The predicted octanol–water partition coefficient (Wildman–Crippen LogP) is 3.04. The van der Waals surface area contributed by atoms with E-state index in [1.807, 2.05) is 40.6 Å². The molecule has 126 valence electrons. The topological polar surface area (TPSA) is 61.4 Å². The van der Waals surface area contributed by atoms with Crippen molar-refractivity contribution in [2.75, 3.05) is 0 Å². The summed E-state index contributed by atoms with van der Waals surface area (Å²) in [4.78, 5) is 0. The van der Waals surface area contributed by atoms with E-state index in [2.05, 4.69) is 20.5 Å². The highest BCUT2D eigenvalue weighted by atomic mass is 32.2. The summed E-state index contributed by atoms with van der Waals surface area (Å²) in [6.07, 6.45) is 0. The van der Waals surface area contributed by atoms with Gasteiger partial charge in [-0.1, -0.05) is 41.2 Å². The second-order valence-electron chi connectivity index (χ2n) is 5.61. The Morgan fingerprint density at radius 1 is 1.00 bits per heavy atom. The lowest BCUT2D eigenvalue weighted by Crippen LogP contribution is -2.08. The van der Waals surface area contributed by atoms with E-state index in [9.17, 15) is 4.39 Å². The number of aromatic nitrogens is 6. The molecule has 2 aromatic heterocycles. The van der Waals surface area contributed by atoms with Gasteiger partial charge in [-0.3, -0.25) is 0 Å². The molecule has 0 aliphatic rings. The van der Waals surface area contributed by atoms with E-state index in [1.165, 1.54) is 12.1 Å². The quantitative estimate of drug-likeness (QED) is 0.516. The number of nitrogens with zero attached hydrogens (tertiary/aromatic N) is 6. The Kier molecular flexibility index (Phi) is 4.19. The molecule has 0 radical (unpaired) electrons. The monoisotopic (exact) mass is 354 g/mol. The molecule has 8 heteroatoms. The highest BCUT2D eigenvalue weighted by Crippen LogP contribution is 2.22. The molecule has 0 saturated carbocycles. The highest BCUT2D eigenvalue weighted by molar-refractivity contribution is 7.98. The molecule has 0 fully saturated rings. The number of thioether (sulfide) groups is 1. The van der Waals surface area contributed by atoms with E-state index in [-0.39, 0.29) is 5.82 Å². The fraction of sp³-hybridized carbons (Fsp3) is 0.176. The van der Waals surface area contributed by atoms with Crippen LogP contribution in [0.5, 0.6) is 0 Å². The molecule has 2 aromatic carbocycles. The zero-order valence-corrected chi connectivity index (χ0v) is 14.3. The maximum atomic E-state index is 13.0. The lowest BCUT2D eigenvalue weighted by molar-refractivity contribution is 0.613. The zero-order chi connectivity index (χ0) is 17.2. The van der Waals surface area contributed by atoms with E-state index in [1.54, 1.807) is 23.9 Å². The van der Waals surface area contributed by atoms with Gasteiger partial charge in [0.25, 0.3) is 0 Å². The van der Waals surface area contributed by atoms with Crippen LogP contribution in [-0.4, -0.2) is 29.8 Å². The minimum atomic E-state index is -0.227. The van der Waals surface area contributed by atoms with E-state index in [0.717, 1.165) is 27.6 Å². The Morgan fingerprint density at radius 3 is 2.64 bits per heavy atom. The van der Waals surface area contributed by atoms with Gasteiger partial charge in [0.1, 0.15) is 17.9 Å². The molecule has 0 bridgehead atoms. The van der Waals surface area contributed by atoms with Gasteiger partial charge in [-0.05, 0) is 29.8 Å². The highest BCUT2D eigenvalue weighted by Gasteiger charge is 2.12. The summed E-state index contributed by atoms with van der Waals surface area (Å²) in [5.74, 6) is 1.28. The van der Waals surface area contributed by atoms with Crippen molar-refractivity contribution in [1.29, 1.82) is 0 Å². The van der Waals surface area contributed by atoms with Gasteiger partial charge < -0.3 is 4.57 Å². The lowest BCUT2D eigenvalue weighted by Gasteiger charge is -2.05. The van der Waals surface area contributed by atoms with Crippen LogP contribution in [0.4, 0.5) is 4.39 Å². The van der Waals surface area contributed by atoms with E-state index in [0.29, 0.717) is 12.3 Å². The van der Waals surface area contributed by atoms with Crippen molar-refractivity contribution in [3.05, 3.63) is 65.7 Å². The second-order valence-corrected chi connectivity index (χ2v) is 6.55. The van der Waals surface area contributed by atoms with Crippen LogP contribution in [0.15, 0.2) is 53.7 Å². The van der Waals surface area contributed by atoms with Gasteiger partial charge in [0.05, 0.1) is 5.52 Å². The molecule has 0 spiro atoms. The van der Waals surface area contributed by atoms with Crippen molar-refractivity contribution >= 4 is 22.8 Å². The van der Waals surface area contributed by atoms with Crippen LogP contribution in [0.1, 0.15) is 11.4 Å². The van der Waals surface area contributed by atoms with Crippen molar-refractivity contribution in [1.82, 2.24) is 29.8 Å². The largest absolute Gasteiger partial charge is 0.308 e. The average molecular weight is 354 g/mol. The number of hydrogen-bond acceptors (Lipinski definition) is 5. The van der Waals surface area contributed by atoms with Crippen LogP contribution in [0.3, 0.4) is 0 Å². The van der Waals surface area contributed by atoms with Gasteiger partial charge >= 0.3 is 0 Å². The van der Waals surface area contributed by atoms with E-state index in [4.69, 9.17) is 0 Å². The summed E-state index contributed by atoms with van der Waals surface area (Å²) in [7, 11) is 1.93. The Morgan fingerprint density at radius 2 is 1.80 bits per heavy atom. The number of para-hydroxylation sites is 1. The number of halogens is 1. The van der Waals surface area contributed by atoms with Crippen LogP contribution >= 0.6 is 11.8 Å². The molecule has 2 heterocycles.